The van der Waals surface area contributed by atoms with Crippen LogP contribution >= 0.6 is 0 Å². The molecule has 25 heavy (non-hydrogen) atoms. The van der Waals surface area contributed by atoms with Crippen LogP contribution in [0.2, 0.25) is 0 Å². The summed E-state index contributed by atoms with van der Waals surface area (Å²) in [5.41, 5.74) is 0. The molecule has 0 saturated heterocycles. The summed E-state index contributed by atoms with van der Waals surface area (Å²) in [6.07, 6.45) is 9.21. The number of carbonyl (C=O) groups is 1. The number of nitrogens with one attached hydrogen (secondary N) is 3. The van der Waals surface area contributed by atoms with Gasteiger partial charge < -0.3 is 20.7 Å². The van der Waals surface area contributed by atoms with Crippen LogP contribution in [0.5, 0.6) is 0 Å². The van der Waals surface area contributed by atoms with Crippen molar-refractivity contribution in [1.29, 1.82) is 0 Å². The summed E-state index contributed by atoms with van der Waals surface area (Å²) in [5, 5.41) is 9.41. The standard InChI is InChI=1S/C19H38N4O2/c1-4-16(3)23-18(24)12-14-22-19(20-5-2)21-13-9-15-25-17-10-7-6-8-11-17/h16-17H,4-15H2,1-3H3,(H,23,24)(H2,20,21,22). The predicted molar refractivity (Wildman–Crippen MR) is 104 cm³/mol. The first-order chi connectivity index (χ1) is 12.2. The van der Waals surface area contributed by atoms with Crippen LogP contribution in [-0.2, 0) is 9.53 Å². The average molecular weight is 355 g/mol. The molecule has 1 fully saturated rings. The highest BCUT2D eigenvalue weighted by atomic mass is 16.5. The molecular weight excluding hydrogens is 316 g/mol. The molecule has 0 aromatic rings. The maximum Gasteiger partial charge on any atom is 0.221 e. The van der Waals surface area contributed by atoms with Crippen molar-refractivity contribution >= 4 is 11.9 Å². The Bertz CT molecular complexity index is 382. The maximum atomic E-state index is 11.8. The van der Waals surface area contributed by atoms with Crippen molar-refractivity contribution in [2.24, 2.45) is 4.99 Å². The minimum absolute atomic E-state index is 0.0820. The molecule has 1 unspecified atom stereocenters. The monoisotopic (exact) mass is 354 g/mol. The molecule has 1 atom stereocenters. The number of guanidine groups is 1. The summed E-state index contributed by atoms with van der Waals surface area (Å²) in [4.78, 5) is 16.3. The highest BCUT2D eigenvalue weighted by Crippen LogP contribution is 2.20. The molecule has 6 nitrogen and oxygen atoms in total. The van der Waals surface area contributed by atoms with E-state index in [0.717, 1.165) is 38.5 Å². The van der Waals surface area contributed by atoms with E-state index in [2.05, 4.69) is 27.9 Å². The van der Waals surface area contributed by atoms with Gasteiger partial charge in [0.15, 0.2) is 5.96 Å². The van der Waals surface area contributed by atoms with Crippen molar-refractivity contribution in [1.82, 2.24) is 16.0 Å². The summed E-state index contributed by atoms with van der Waals surface area (Å²) in [5.74, 6) is 0.857. The normalized spacial score (nSPS) is 17.2. The zero-order valence-corrected chi connectivity index (χ0v) is 16.4. The molecule has 1 aliphatic rings. The SMILES string of the molecule is CCNC(=NCCCOC1CCCCC1)NCCC(=O)NC(C)CC. The topological polar surface area (TPSA) is 74.8 Å². The molecule has 3 N–H and O–H groups in total. The van der Waals surface area contributed by atoms with E-state index in [4.69, 9.17) is 4.74 Å². The molecule has 1 amide bonds. The van der Waals surface area contributed by atoms with Crippen molar-refractivity contribution in [3.63, 3.8) is 0 Å². The Balaban J connectivity index is 2.16. The van der Waals surface area contributed by atoms with E-state index in [1.165, 1.54) is 32.1 Å². The Morgan fingerprint density at radius 3 is 2.64 bits per heavy atom. The quantitative estimate of drug-likeness (QED) is 0.303. The highest BCUT2D eigenvalue weighted by molar-refractivity contribution is 5.81. The fraction of sp³-hybridized carbons (Fsp3) is 0.895. The minimum atomic E-state index is 0.0820. The predicted octanol–water partition coefficient (Wildman–Crippen LogP) is 2.59. The van der Waals surface area contributed by atoms with Gasteiger partial charge in [0.2, 0.25) is 5.91 Å². The summed E-state index contributed by atoms with van der Waals surface area (Å²) < 4.78 is 5.92. The molecular formula is C19H38N4O2. The Hall–Kier alpha value is -1.30. The van der Waals surface area contributed by atoms with Gasteiger partial charge in [-0.05, 0) is 39.5 Å². The lowest BCUT2D eigenvalue weighted by molar-refractivity contribution is -0.121. The zero-order chi connectivity index (χ0) is 18.3. The van der Waals surface area contributed by atoms with Gasteiger partial charge in [0, 0.05) is 38.7 Å². The van der Waals surface area contributed by atoms with Crippen molar-refractivity contribution in [2.45, 2.75) is 84.3 Å². The molecule has 146 valence electrons. The fourth-order valence-electron chi connectivity index (χ4n) is 2.82. The number of ether oxygens (including phenoxy) is 1. The number of rotatable bonds is 11. The maximum absolute atomic E-state index is 11.8. The largest absolute Gasteiger partial charge is 0.378 e. The van der Waals surface area contributed by atoms with Gasteiger partial charge in [-0.2, -0.15) is 0 Å². The molecule has 6 heteroatoms. The smallest absolute Gasteiger partial charge is 0.221 e. The molecule has 0 spiro atoms. The molecule has 1 aliphatic carbocycles. The second-order valence-electron chi connectivity index (χ2n) is 6.80. The first-order valence-corrected chi connectivity index (χ1v) is 10.1. The Labute approximate surface area is 153 Å². The molecule has 0 heterocycles. The Morgan fingerprint density at radius 2 is 1.96 bits per heavy atom. The van der Waals surface area contributed by atoms with Gasteiger partial charge in [-0.25, -0.2) is 0 Å². The molecule has 0 bridgehead atoms. The molecule has 0 aromatic heterocycles. The lowest BCUT2D eigenvalue weighted by Crippen LogP contribution is -2.40. The van der Waals surface area contributed by atoms with Crippen molar-refractivity contribution in [3.8, 4) is 0 Å². The van der Waals surface area contributed by atoms with Crippen LogP contribution in [0.25, 0.3) is 0 Å². The molecule has 0 radical (unpaired) electrons. The van der Waals surface area contributed by atoms with Crippen molar-refractivity contribution in [2.75, 3.05) is 26.2 Å². The first kappa shape index (κ1) is 21.7. The zero-order valence-electron chi connectivity index (χ0n) is 16.4. The molecule has 0 aromatic carbocycles. The number of nitrogens with zero attached hydrogens (tertiary/aromatic N) is 1. The van der Waals surface area contributed by atoms with E-state index in [-0.39, 0.29) is 11.9 Å². The summed E-state index contributed by atoms with van der Waals surface area (Å²) in [7, 11) is 0. The van der Waals surface area contributed by atoms with Crippen LogP contribution in [0.4, 0.5) is 0 Å². The van der Waals surface area contributed by atoms with E-state index in [9.17, 15) is 4.79 Å². The summed E-state index contributed by atoms with van der Waals surface area (Å²) in [6, 6.07) is 0.235. The number of aliphatic imine (C=N–C) groups is 1. The average Bonchev–Trinajstić information content (AvgIpc) is 2.62. The van der Waals surface area contributed by atoms with Crippen LogP contribution in [-0.4, -0.2) is 50.3 Å². The Morgan fingerprint density at radius 1 is 1.20 bits per heavy atom. The molecule has 1 rings (SSSR count). The van der Waals surface area contributed by atoms with Crippen LogP contribution < -0.4 is 16.0 Å². The Kier molecular flexibility index (Phi) is 12.1. The highest BCUT2D eigenvalue weighted by Gasteiger charge is 2.12. The van der Waals surface area contributed by atoms with Gasteiger partial charge in [-0.1, -0.05) is 26.2 Å². The summed E-state index contributed by atoms with van der Waals surface area (Å²) in [6.45, 7) is 9.05. The van der Waals surface area contributed by atoms with Crippen LogP contribution in [0.15, 0.2) is 4.99 Å². The first-order valence-electron chi connectivity index (χ1n) is 10.1. The fourth-order valence-corrected chi connectivity index (χ4v) is 2.82. The third-order valence-corrected chi connectivity index (χ3v) is 4.49. The van der Waals surface area contributed by atoms with Gasteiger partial charge in [-0.3, -0.25) is 9.79 Å². The van der Waals surface area contributed by atoms with Gasteiger partial charge >= 0.3 is 0 Å². The lowest BCUT2D eigenvalue weighted by atomic mass is 9.98. The second kappa shape index (κ2) is 13.9. The van der Waals surface area contributed by atoms with E-state index < -0.39 is 0 Å². The van der Waals surface area contributed by atoms with E-state index in [1.807, 2.05) is 13.8 Å². The van der Waals surface area contributed by atoms with E-state index in [1.54, 1.807) is 0 Å². The van der Waals surface area contributed by atoms with Crippen molar-refractivity contribution < 1.29 is 9.53 Å². The van der Waals surface area contributed by atoms with Gasteiger partial charge in [0.1, 0.15) is 0 Å². The number of hydrogen-bond donors (Lipinski definition) is 3. The number of amides is 1. The van der Waals surface area contributed by atoms with Crippen molar-refractivity contribution in [3.05, 3.63) is 0 Å². The third kappa shape index (κ3) is 11.0. The van der Waals surface area contributed by atoms with E-state index >= 15 is 0 Å². The summed E-state index contributed by atoms with van der Waals surface area (Å²) >= 11 is 0. The lowest BCUT2D eigenvalue weighted by Gasteiger charge is -2.21. The van der Waals surface area contributed by atoms with Gasteiger partial charge in [0.05, 0.1) is 6.10 Å². The van der Waals surface area contributed by atoms with Gasteiger partial charge in [-0.15, -0.1) is 0 Å². The van der Waals surface area contributed by atoms with Crippen LogP contribution in [0.3, 0.4) is 0 Å². The van der Waals surface area contributed by atoms with E-state index in [0.29, 0.717) is 19.1 Å². The third-order valence-electron chi connectivity index (χ3n) is 4.49. The minimum Gasteiger partial charge on any atom is -0.378 e. The molecule has 0 aliphatic heterocycles. The van der Waals surface area contributed by atoms with Crippen LogP contribution in [0, 0.1) is 0 Å². The number of carbonyl (C=O) groups excluding carboxylic acids is 1. The van der Waals surface area contributed by atoms with Crippen LogP contribution in [0.1, 0.15) is 72.1 Å². The number of hydrogen-bond acceptors (Lipinski definition) is 3. The molecule has 1 saturated carbocycles. The van der Waals surface area contributed by atoms with Gasteiger partial charge in [0.25, 0.3) is 0 Å². The second-order valence-corrected chi connectivity index (χ2v) is 6.80.